The Balaban J connectivity index is 0.000000459. The lowest BCUT2D eigenvalue weighted by Gasteiger charge is -2.27. The molecule has 16 heteroatoms. The molecule has 3 aromatic carbocycles. The molecule has 0 atom stereocenters. The zero-order chi connectivity index (χ0) is 35.2. The van der Waals surface area contributed by atoms with Crippen molar-refractivity contribution < 1.29 is 55.7 Å². The fourth-order valence-corrected chi connectivity index (χ4v) is 4.07. The van der Waals surface area contributed by atoms with E-state index in [0.717, 1.165) is 55.2 Å². The summed E-state index contributed by atoms with van der Waals surface area (Å²) >= 11 is 0. The van der Waals surface area contributed by atoms with Crippen molar-refractivity contribution in [3.63, 3.8) is 0 Å². The van der Waals surface area contributed by atoms with Gasteiger partial charge in [-0.3, -0.25) is 9.69 Å². The molecular formula is C31H30F6N4O6. The van der Waals surface area contributed by atoms with Crippen LogP contribution >= 0.6 is 0 Å². The van der Waals surface area contributed by atoms with Crippen LogP contribution in [0.25, 0.3) is 11.1 Å². The number of nitrogens with one attached hydrogen (secondary N) is 2. The smallest absolute Gasteiger partial charge is 0.490 e. The number of hydrogen-bond acceptors (Lipinski definition) is 7. The normalized spacial score (nSPS) is 13.1. The first-order chi connectivity index (χ1) is 22.0. The summed E-state index contributed by atoms with van der Waals surface area (Å²) in [4.78, 5) is 32.8. The molecule has 0 aliphatic carbocycles. The van der Waals surface area contributed by atoms with Crippen molar-refractivity contribution in [3.8, 4) is 22.9 Å². The van der Waals surface area contributed by atoms with E-state index >= 15 is 0 Å². The monoisotopic (exact) mass is 668 g/mol. The van der Waals surface area contributed by atoms with E-state index in [1.54, 1.807) is 31.4 Å². The summed E-state index contributed by atoms with van der Waals surface area (Å²) in [7, 11) is 1.67. The first-order valence-corrected chi connectivity index (χ1v) is 13.6. The number of rotatable bonds is 7. The molecule has 1 saturated heterocycles. The molecule has 47 heavy (non-hydrogen) atoms. The average molecular weight is 669 g/mol. The molecule has 0 unspecified atom stereocenters. The maximum Gasteiger partial charge on any atom is 0.490 e. The second kappa shape index (κ2) is 17.5. The Labute approximate surface area is 265 Å². The number of nitriles is 1. The maximum atomic E-state index is 12.5. The van der Waals surface area contributed by atoms with Crippen molar-refractivity contribution in [2.45, 2.75) is 25.4 Å². The molecule has 0 spiro atoms. The highest BCUT2D eigenvalue weighted by molar-refractivity contribution is 5.94. The molecule has 1 fully saturated rings. The third-order valence-electron chi connectivity index (χ3n) is 6.31. The Hall–Kier alpha value is -5.14. The number of carboxylic acids is 2. The number of aliphatic carboxylic acids is 2. The molecule has 10 nitrogen and oxygen atoms in total. The van der Waals surface area contributed by atoms with E-state index < -0.39 is 24.3 Å². The van der Waals surface area contributed by atoms with E-state index in [4.69, 9.17) is 29.8 Å². The molecule has 0 bridgehead atoms. The summed E-state index contributed by atoms with van der Waals surface area (Å²) in [5, 5.41) is 29.6. The van der Waals surface area contributed by atoms with E-state index in [9.17, 15) is 31.1 Å². The van der Waals surface area contributed by atoms with Gasteiger partial charge in [0.05, 0.1) is 18.7 Å². The molecule has 3 aromatic rings. The lowest BCUT2D eigenvalue weighted by Crippen LogP contribution is -2.42. The number of piperazine rings is 1. The van der Waals surface area contributed by atoms with Crippen LogP contribution in [0.3, 0.4) is 0 Å². The summed E-state index contributed by atoms with van der Waals surface area (Å²) in [5.74, 6) is -4.92. The molecule has 252 valence electrons. The molecule has 1 aliphatic rings. The van der Waals surface area contributed by atoms with Gasteiger partial charge in [-0.25, -0.2) is 9.59 Å². The number of ether oxygens (including phenoxy) is 1. The van der Waals surface area contributed by atoms with Gasteiger partial charge in [0.2, 0.25) is 0 Å². The molecule has 0 aromatic heterocycles. The Morgan fingerprint density at radius 2 is 1.49 bits per heavy atom. The van der Waals surface area contributed by atoms with Gasteiger partial charge in [-0.05, 0) is 53.1 Å². The fourth-order valence-electron chi connectivity index (χ4n) is 4.07. The van der Waals surface area contributed by atoms with Crippen LogP contribution in [0.15, 0.2) is 66.7 Å². The second-order valence-electron chi connectivity index (χ2n) is 9.74. The molecule has 4 N–H and O–H groups in total. The first-order valence-electron chi connectivity index (χ1n) is 13.6. The van der Waals surface area contributed by atoms with Crippen molar-refractivity contribution >= 4 is 17.8 Å². The molecule has 0 saturated carbocycles. The number of nitrogens with zero attached hydrogens (tertiary/aromatic N) is 2. The maximum absolute atomic E-state index is 12.5. The van der Waals surface area contributed by atoms with Gasteiger partial charge in [-0.15, -0.1) is 0 Å². The molecule has 1 amide bonds. The Kier molecular flexibility index (Phi) is 14.2. The summed E-state index contributed by atoms with van der Waals surface area (Å²) < 4.78 is 69.1. The van der Waals surface area contributed by atoms with E-state index in [1.165, 1.54) is 5.56 Å². The third kappa shape index (κ3) is 13.0. The highest BCUT2D eigenvalue weighted by Gasteiger charge is 2.38. The number of benzene rings is 3. The first kappa shape index (κ1) is 38.0. The van der Waals surface area contributed by atoms with Gasteiger partial charge in [0.25, 0.3) is 5.91 Å². The summed E-state index contributed by atoms with van der Waals surface area (Å²) in [5.41, 5.74) is 5.28. The summed E-state index contributed by atoms with van der Waals surface area (Å²) in [6.45, 7) is 5.48. The quantitative estimate of drug-likeness (QED) is 0.260. The van der Waals surface area contributed by atoms with Crippen molar-refractivity contribution in [1.29, 1.82) is 5.26 Å². The number of alkyl halides is 6. The van der Waals surface area contributed by atoms with Gasteiger partial charge in [-0.1, -0.05) is 30.3 Å². The zero-order valence-corrected chi connectivity index (χ0v) is 24.8. The molecular weight excluding hydrogens is 638 g/mol. The van der Waals surface area contributed by atoms with E-state index in [2.05, 4.69) is 51.9 Å². The molecule has 4 rings (SSSR count). The van der Waals surface area contributed by atoms with Crippen molar-refractivity contribution in [2.24, 2.45) is 0 Å². The number of carbonyl (C=O) groups is 3. The number of methoxy groups -OCH3 is 1. The van der Waals surface area contributed by atoms with E-state index in [1.807, 2.05) is 12.1 Å². The number of carboxylic acid groups (broad SMARTS) is 2. The van der Waals surface area contributed by atoms with Gasteiger partial charge < -0.3 is 25.6 Å². The van der Waals surface area contributed by atoms with E-state index in [-0.39, 0.29) is 5.91 Å². The van der Waals surface area contributed by atoms with Crippen molar-refractivity contribution in [1.82, 2.24) is 15.5 Å². The number of hydrogen-bond donors (Lipinski definition) is 4. The zero-order valence-electron chi connectivity index (χ0n) is 24.8. The molecule has 0 radical (unpaired) electrons. The van der Waals surface area contributed by atoms with Crippen molar-refractivity contribution in [3.05, 3.63) is 89.0 Å². The second-order valence-corrected chi connectivity index (χ2v) is 9.74. The summed E-state index contributed by atoms with van der Waals surface area (Å²) in [6.07, 6.45) is -10.2. The van der Waals surface area contributed by atoms with Gasteiger partial charge >= 0.3 is 24.3 Å². The largest absolute Gasteiger partial charge is 0.496 e. The number of halogens is 6. The van der Waals surface area contributed by atoms with Crippen LogP contribution in [0.4, 0.5) is 26.3 Å². The van der Waals surface area contributed by atoms with Crippen LogP contribution in [-0.2, 0) is 22.7 Å². The van der Waals surface area contributed by atoms with Crippen LogP contribution in [0.5, 0.6) is 5.75 Å². The highest BCUT2D eigenvalue weighted by Crippen LogP contribution is 2.32. The average Bonchev–Trinajstić information content (AvgIpc) is 3.04. The van der Waals surface area contributed by atoms with E-state index in [0.29, 0.717) is 17.7 Å². The van der Waals surface area contributed by atoms with Gasteiger partial charge in [0, 0.05) is 50.4 Å². The highest BCUT2D eigenvalue weighted by atomic mass is 19.4. The minimum Gasteiger partial charge on any atom is -0.496 e. The molecule has 1 heterocycles. The van der Waals surface area contributed by atoms with Crippen LogP contribution in [0, 0.1) is 11.3 Å². The van der Waals surface area contributed by atoms with Gasteiger partial charge in [0.15, 0.2) is 0 Å². The Bertz CT molecular complexity index is 1540. The predicted molar refractivity (Wildman–Crippen MR) is 156 cm³/mol. The minimum atomic E-state index is -5.08. The Morgan fingerprint density at radius 1 is 0.894 bits per heavy atom. The Morgan fingerprint density at radius 3 is 2.04 bits per heavy atom. The standard InChI is InChI=1S/C27H28N4O2.2C2HF3O2/c1-33-26-9-8-21(18-30-27(32)24-7-2-4-20(14-24)17-28)16-25(26)23-6-3-5-22(15-23)19-31-12-10-29-11-13-31;2*3-2(4,5)1(6)7/h2-9,14-16,29H,10-13,18-19H2,1H3,(H,30,32);2*(H,6,7). The van der Waals surface area contributed by atoms with Crippen LogP contribution in [-0.4, -0.2) is 78.6 Å². The van der Waals surface area contributed by atoms with Crippen LogP contribution < -0.4 is 15.4 Å². The van der Waals surface area contributed by atoms with Crippen molar-refractivity contribution in [2.75, 3.05) is 33.3 Å². The topological polar surface area (TPSA) is 152 Å². The number of amides is 1. The van der Waals surface area contributed by atoms with Crippen LogP contribution in [0.1, 0.15) is 27.0 Å². The summed E-state index contributed by atoms with van der Waals surface area (Å²) in [6, 6.07) is 23.3. The van der Waals surface area contributed by atoms with Gasteiger partial charge in [0.1, 0.15) is 5.75 Å². The third-order valence-corrected chi connectivity index (χ3v) is 6.31. The number of carbonyl (C=O) groups excluding carboxylic acids is 1. The lowest BCUT2D eigenvalue weighted by molar-refractivity contribution is -0.193. The fraction of sp³-hybridized carbons (Fsp3) is 0.290. The minimum absolute atomic E-state index is 0.206. The molecule has 1 aliphatic heterocycles. The lowest BCUT2D eigenvalue weighted by atomic mass is 9.99. The SMILES string of the molecule is COc1ccc(CNC(=O)c2cccc(C#N)c2)cc1-c1cccc(CN2CCNCC2)c1.O=C(O)C(F)(F)F.O=C(O)C(F)(F)F. The predicted octanol–water partition coefficient (Wildman–Crippen LogP) is 4.84. The van der Waals surface area contributed by atoms with Gasteiger partial charge in [-0.2, -0.15) is 31.6 Å². The van der Waals surface area contributed by atoms with Crippen LogP contribution in [0.2, 0.25) is 0 Å².